The van der Waals surface area contributed by atoms with Gasteiger partial charge in [0.15, 0.2) is 0 Å². The highest BCUT2D eigenvalue weighted by molar-refractivity contribution is 5.98. The summed E-state index contributed by atoms with van der Waals surface area (Å²) in [6, 6.07) is 25.7. The summed E-state index contributed by atoms with van der Waals surface area (Å²) in [5.74, 6) is -1.06. The summed E-state index contributed by atoms with van der Waals surface area (Å²) in [5, 5.41) is 21.1. The van der Waals surface area contributed by atoms with E-state index < -0.39 is 35.5 Å². The van der Waals surface area contributed by atoms with Crippen LogP contribution < -0.4 is 20.7 Å². The van der Waals surface area contributed by atoms with Crippen LogP contribution in [0.4, 0.5) is 0 Å². The van der Waals surface area contributed by atoms with E-state index >= 15 is 0 Å². The number of hydrogen-bond acceptors (Lipinski definition) is 6. The molecule has 1 heterocycles. The van der Waals surface area contributed by atoms with Crippen molar-refractivity contribution in [2.24, 2.45) is 5.92 Å². The maximum atomic E-state index is 13.8. The van der Waals surface area contributed by atoms with E-state index in [2.05, 4.69) is 20.9 Å². The van der Waals surface area contributed by atoms with Crippen molar-refractivity contribution in [3.05, 3.63) is 108 Å². The Hall–Kier alpha value is -4.76. The number of nitrogens with zero attached hydrogens (tertiary/aromatic N) is 1. The summed E-state index contributed by atoms with van der Waals surface area (Å²) >= 11 is 0. The predicted molar refractivity (Wildman–Crippen MR) is 180 cm³/mol. The molecule has 3 amide bonds. The van der Waals surface area contributed by atoms with Crippen LogP contribution in [0.15, 0.2) is 91.0 Å². The number of amides is 3. The SMILES string of the molecule is CCC(C)[C@H](NC(=O)c1ccc2ccccc2n1)C(=O)N[C@@H](Cc1ccccc1)[C@H](O)COc1ccccc1C(=O)NC(C)(C)C. The number of ether oxygens (including phenoxy) is 1. The van der Waals surface area contributed by atoms with Gasteiger partial charge in [-0.3, -0.25) is 14.4 Å². The van der Waals surface area contributed by atoms with Crippen molar-refractivity contribution in [2.45, 2.75) is 71.2 Å². The molecule has 0 saturated carbocycles. The second-order valence-corrected chi connectivity index (χ2v) is 12.6. The molecule has 0 fully saturated rings. The Kier molecular flexibility index (Phi) is 11.5. The average molecular weight is 625 g/mol. The van der Waals surface area contributed by atoms with Gasteiger partial charge in [-0.2, -0.15) is 0 Å². The highest BCUT2D eigenvalue weighted by atomic mass is 16.5. The molecule has 0 radical (unpaired) electrons. The van der Waals surface area contributed by atoms with Gasteiger partial charge in [0.1, 0.15) is 30.2 Å². The molecule has 0 aliphatic carbocycles. The van der Waals surface area contributed by atoms with Crippen LogP contribution in [-0.2, 0) is 11.2 Å². The van der Waals surface area contributed by atoms with Gasteiger partial charge in [0, 0.05) is 10.9 Å². The number of aromatic nitrogens is 1. The van der Waals surface area contributed by atoms with Gasteiger partial charge in [-0.25, -0.2) is 4.98 Å². The van der Waals surface area contributed by atoms with Crippen LogP contribution >= 0.6 is 0 Å². The Morgan fingerprint density at radius 3 is 2.24 bits per heavy atom. The second kappa shape index (κ2) is 15.5. The van der Waals surface area contributed by atoms with Crippen LogP contribution in [0.25, 0.3) is 10.9 Å². The molecule has 9 heteroatoms. The molecule has 4 aromatic rings. The normalized spacial score (nSPS) is 14.0. The van der Waals surface area contributed by atoms with E-state index in [1.807, 2.05) is 95.3 Å². The van der Waals surface area contributed by atoms with Crippen LogP contribution in [-0.4, -0.2) is 58.1 Å². The van der Waals surface area contributed by atoms with Crippen molar-refractivity contribution in [3.63, 3.8) is 0 Å². The van der Waals surface area contributed by atoms with Crippen LogP contribution in [0.3, 0.4) is 0 Å². The topological polar surface area (TPSA) is 130 Å². The molecule has 0 aliphatic rings. The summed E-state index contributed by atoms with van der Waals surface area (Å²) in [6.45, 7) is 9.33. The fourth-order valence-corrected chi connectivity index (χ4v) is 5.01. The molecular weight excluding hydrogens is 580 g/mol. The average Bonchev–Trinajstić information content (AvgIpc) is 3.04. The first-order valence-electron chi connectivity index (χ1n) is 15.7. The monoisotopic (exact) mass is 624 g/mol. The molecule has 9 nitrogen and oxygen atoms in total. The first kappa shape index (κ1) is 34.1. The van der Waals surface area contributed by atoms with Crippen LogP contribution in [0.2, 0.25) is 0 Å². The molecule has 242 valence electrons. The van der Waals surface area contributed by atoms with Gasteiger partial charge in [0.25, 0.3) is 11.8 Å². The number of nitrogens with one attached hydrogen (secondary N) is 3. The van der Waals surface area contributed by atoms with Crippen LogP contribution in [0.1, 0.15) is 67.4 Å². The van der Waals surface area contributed by atoms with E-state index in [0.717, 1.165) is 10.9 Å². The maximum absolute atomic E-state index is 13.8. The Balaban J connectivity index is 1.52. The van der Waals surface area contributed by atoms with Gasteiger partial charge in [0.2, 0.25) is 5.91 Å². The zero-order valence-electron chi connectivity index (χ0n) is 27.1. The van der Waals surface area contributed by atoms with Crippen molar-refractivity contribution in [3.8, 4) is 5.75 Å². The molecule has 4 N–H and O–H groups in total. The number of fused-ring (bicyclic) bond motifs is 1. The second-order valence-electron chi connectivity index (χ2n) is 12.6. The lowest BCUT2D eigenvalue weighted by atomic mass is 9.96. The summed E-state index contributed by atoms with van der Waals surface area (Å²) in [7, 11) is 0. The lowest BCUT2D eigenvalue weighted by Gasteiger charge is -2.29. The van der Waals surface area contributed by atoms with Crippen LogP contribution in [0.5, 0.6) is 5.75 Å². The maximum Gasteiger partial charge on any atom is 0.270 e. The minimum Gasteiger partial charge on any atom is -0.490 e. The first-order valence-corrected chi connectivity index (χ1v) is 15.7. The van der Waals surface area contributed by atoms with Gasteiger partial charge in [-0.05, 0) is 62.9 Å². The van der Waals surface area contributed by atoms with Gasteiger partial charge in [-0.15, -0.1) is 0 Å². The molecule has 3 aromatic carbocycles. The number of aliphatic hydroxyl groups is 1. The van der Waals surface area contributed by atoms with Crippen molar-refractivity contribution in [2.75, 3.05) is 6.61 Å². The minimum absolute atomic E-state index is 0.182. The number of hydrogen-bond donors (Lipinski definition) is 4. The number of carbonyl (C=O) groups excluding carboxylic acids is 3. The molecule has 0 aliphatic heterocycles. The molecule has 4 atom stereocenters. The van der Waals surface area contributed by atoms with E-state index in [4.69, 9.17) is 4.74 Å². The Morgan fingerprint density at radius 1 is 0.848 bits per heavy atom. The summed E-state index contributed by atoms with van der Waals surface area (Å²) in [4.78, 5) is 44.5. The third kappa shape index (κ3) is 9.37. The van der Waals surface area contributed by atoms with Crippen molar-refractivity contribution >= 4 is 28.6 Å². The third-order valence-electron chi connectivity index (χ3n) is 7.73. The third-order valence-corrected chi connectivity index (χ3v) is 7.73. The minimum atomic E-state index is -1.14. The predicted octanol–water partition coefficient (Wildman–Crippen LogP) is 5.08. The van der Waals surface area contributed by atoms with Gasteiger partial charge < -0.3 is 25.8 Å². The summed E-state index contributed by atoms with van der Waals surface area (Å²) < 4.78 is 5.98. The van der Waals surface area contributed by atoms with Gasteiger partial charge >= 0.3 is 0 Å². The largest absolute Gasteiger partial charge is 0.490 e. The molecule has 0 spiro atoms. The molecule has 4 rings (SSSR count). The molecule has 1 aromatic heterocycles. The lowest BCUT2D eigenvalue weighted by Crippen LogP contribution is -2.56. The molecular formula is C37H44N4O5. The number of pyridine rings is 1. The molecule has 0 saturated heterocycles. The van der Waals surface area contributed by atoms with Crippen LogP contribution in [0, 0.1) is 5.92 Å². The number of carbonyl (C=O) groups is 3. The van der Waals surface area contributed by atoms with Gasteiger partial charge in [0.05, 0.1) is 17.1 Å². The van der Waals surface area contributed by atoms with Gasteiger partial charge in [-0.1, -0.05) is 87.0 Å². The van der Waals surface area contributed by atoms with E-state index in [-0.39, 0.29) is 24.1 Å². The Morgan fingerprint density at radius 2 is 1.52 bits per heavy atom. The van der Waals surface area contributed by atoms with Crippen molar-refractivity contribution in [1.29, 1.82) is 0 Å². The van der Waals surface area contributed by atoms with Crippen molar-refractivity contribution in [1.82, 2.24) is 20.9 Å². The van der Waals surface area contributed by atoms with E-state index in [0.29, 0.717) is 29.7 Å². The number of para-hydroxylation sites is 2. The van der Waals surface area contributed by atoms with E-state index in [1.54, 1.807) is 30.3 Å². The summed E-state index contributed by atoms with van der Waals surface area (Å²) in [6.07, 6.45) is -0.193. The van der Waals surface area contributed by atoms with Crippen molar-refractivity contribution < 1.29 is 24.2 Å². The number of benzene rings is 3. The highest BCUT2D eigenvalue weighted by Gasteiger charge is 2.31. The van der Waals surface area contributed by atoms with E-state index in [1.165, 1.54) is 0 Å². The zero-order valence-corrected chi connectivity index (χ0v) is 27.1. The fraction of sp³-hybridized carbons (Fsp3) is 0.351. The fourth-order valence-electron chi connectivity index (χ4n) is 5.01. The standard InChI is InChI=1S/C37H44N4O5/c1-6-24(2)33(40-35(44)29-21-20-26-16-10-12-18-28(26)38-29)36(45)39-30(22-25-14-8-7-9-15-25)31(42)23-46-32-19-13-11-17-27(32)34(43)41-37(3,4)5/h7-21,24,30-31,33,42H,6,22-23H2,1-5H3,(H,39,45)(H,40,44)(H,41,43)/t24?,30-,31+,33-/m0/s1. The Bertz CT molecular complexity index is 1640. The number of rotatable bonds is 13. The quantitative estimate of drug-likeness (QED) is 0.164. The smallest absolute Gasteiger partial charge is 0.270 e. The lowest BCUT2D eigenvalue weighted by molar-refractivity contribution is -0.125. The molecule has 46 heavy (non-hydrogen) atoms. The zero-order chi connectivity index (χ0) is 33.3. The highest BCUT2D eigenvalue weighted by Crippen LogP contribution is 2.20. The first-order chi connectivity index (χ1) is 21.9. The van der Waals surface area contributed by atoms with E-state index in [9.17, 15) is 19.5 Å². The number of aliphatic hydroxyl groups excluding tert-OH is 1. The Labute approximate surface area is 270 Å². The molecule has 0 bridgehead atoms. The molecule has 1 unspecified atom stereocenters. The summed E-state index contributed by atoms with van der Waals surface area (Å²) in [5.41, 5.74) is 1.70.